The van der Waals surface area contributed by atoms with Crippen LogP contribution in [0.15, 0.2) is 64.1 Å². The van der Waals surface area contributed by atoms with Crippen LogP contribution in [0.2, 0.25) is 5.02 Å². The molecular formula is C23H21ClN2O3. The second-order valence-electron chi connectivity index (χ2n) is 7.21. The number of rotatable bonds is 4. The summed E-state index contributed by atoms with van der Waals surface area (Å²) in [5.74, 6) is 3.34. The molecule has 1 aromatic heterocycles. The van der Waals surface area contributed by atoms with Crippen molar-refractivity contribution in [3.63, 3.8) is 0 Å². The second-order valence-corrected chi connectivity index (χ2v) is 7.65. The molecule has 0 fully saturated rings. The third kappa shape index (κ3) is 3.25. The Morgan fingerprint density at radius 2 is 1.97 bits per heavy atom. The summed E-state index contributed by atoms with van der Waals surface area (Å²) in [6.45, 7) is 4.55. The minimum absolute atomic E-state index is 0.0365. The number of hydrazone groups is 1. The molecule has 5 rings (SSSR count). The first-order chi connectivity index (χ1) is 14.1. The molecule has 2 aromatic carbocycles. The monoisotopic (exact) mass is 408 g/mol. The number of ether oxygens (including phenoxy) is 2. The van der Waals surface area contributed by atoms with E-state index in [1.54, 1.807) is 0 Å². The van der Waals surface area contributed by atoms with Gasteiger partial charge in [-0.25, -0.2) is 5.01 Å². The number of halogens is 1. The van der Waals surface area contributed by atoms with E-state index < -0.39 is 0 Å². The number of fused-ring (bicyclic) bond motifs is 3. The van der Waals surface area contributed by atoms with Gasteiger partial charge < -0.3 is 13.9 Å². The molecule has 5 nitrogen and oxygen atoms in total. The van der Waals surface area contributed by atoms with E-state index in [0.717, 1.165) is 46.3 Å². The van der Waals surface area contributed by atoms with E-state index in [2.05, 4.69) is 0 Å². The molecule has 0 aliphatic carbocycles. The van der Waals surface area contributed by atoms with Gasteiger partial charge in [-0.1, -0.05) is 11.6 Å². The molecule has 2 unspecified atom stereocenters. The number of hydrogen-bond donors (Lipinski definition) is 0. The van der Waals surface area contributed by atoms with E-state index in [9.17, 15) is 0 Å². The Morgan fingerprint density at radius 1 is 1.14 bits per heavy atom. The molecule has 148 valence electrons. The maximum Gasteiger partial charge on any atom is 0.213 e. The highest BCUT2D eigenvalue weighted by molar-refractivity contribution is 6.30. The van der Waals surface area contributed by atoms with Gasteiger partial charge in [0, 0.05) is 22.6 Å². The zero-order valence-electron chi connectivity index (χ0n) is 16.3. The van der Waals surface area contributed by atoms with Crippen molar-refractivity contribution in [2.45, 2.75) is 32.5 Å². The van der Waals surface area contributed by atoms with Gasteiger partial charge in [0.25, 0.3) is 0 Å². The van der Waals surface area contributed by atoms with Crippen LogP contribution in [0.1, 0.15) is 48.3 Å². The molecule has 2 atom stereocenters. The lowest BCUT2D eigenvalue weighted by Crippen LogP contribution is -2.33. The van der Waals surface area contributed by atoms with Crippen molar-refractivity contribution in [1.29, 1.82) is 0 Å². The Balaban J connectivity index is 1.55. The predicted molar refractivity (Wildman–Crippen MR) is 112 cm³/mol. The van der Waals surface area contributed by atoms with E-state index in [1.807, 2.05) is 73.5 Å². The minimum Gasteiger partial charge on any atom is -0.494 e. The van der Waals surface area contributed by atoms with E-state index in [0.29, 0.717) is 11.6 Å². The highest BCUT2D eigenvalue weighted by atomic mass is 35.5. The first-order valence-electron chi connectivity index (χ1n) is 9.74. The Bertz CT molecular complexity index is 1070. The predicted octanol–water partition coefficient (Wildman–Crippen LogP) is 5.88. The lowest BCUT2D eigenvalue weighted by molar-refractivity contribution is -0.0190. The fourth-order valence-corrected chi connectivity index (χ4v) is 4.09. The fourth-order valence-electron chi connectivity index (χ4n) is 3.91. The van der Waals surface area contributed by atoms with Gasteiger partial charge in [0.2, 0.25) is 6.23 Å². The molecule has 2 aliphatic heterocycles. The van der Waals surface area contributed by atoms with Gasteiger partial charge in [0.1, 0.15) is 28.7 Å². The summed E-state index contributed by atoms with van der Waals surface area (Å²) in [5, 5.41) is 7.60. The van der Waals surface area contributed by atoms with Crippen molar-refractivity contribution in [1.82, 2.24) is 5.01 Å². The van der Waals surface area contributed by atoms with Crippen molar-refractivity contribution in [3.05, 3.63) is 82.3 Å². The minimum atomic E-state index is -0.335. The number of hydrogen-bond acceptors (Lipinski definition) is 5. The van der Waals surface area contributed by atoms with Gasteiger partial charge in [-0.3, -0.25) is 0 Å². The van der Waals surface area contributed by atoms with Crippen molar-refractivity contribution in [2.75, 3.05) is 6.61 Å². The first-order valence-corrected chi connectivity index (χ1v) is 10.1. The van der Waals surface area contributed by atoms with Crippen molar-refractivity contribution < 1.29 is 13.9 Å². The summed E-state index contributed by atoms with van der Waals surface area (Å²) in [4.78, 5) is 0. The Hall–Kier alpha value is -2.92. The van der Waals surface area contributed by atoms with Gasteiger partial charge in [0.05, 0.1) is 12.6 Å². The van der Waals surface area contributed by atoms with Crippen molar-refractivity contribution in [2.24, 2.45) is 5.10 Å². The molecule has 0 radical (unpaired) electrons. The number of aryl methyl sites for hydroxylation is 1. The molecule has 2 aliphatic rings. The first kappa shape index (κ1) is 18.1. The summed E-state index contributed by atoms with van der Waals surface area (Å²) in [6.07, 6.45) is 0.398. The van der Waals surface area contributed by atoms with Crippen LogP contribution >= 0.6 is 11.6 Å². The summed E-state index contributed by atoms with van der Waals surface area (Å²) in [7, 11) is 0. The molecule has 0 spiro atoms. The van der Waals surface area contributed by atoms with Gasteiger partial charge in [0.15, 0.2) is 0 Å². The molecule has 0 bridgehead atoms. The average molecular weight is 409 g/mol. The van der Waals surface area contributed by atoms with Crippen molar-refractivity contribution >= 4 is 17.3 Å². The van der Waals surface area contributed by atoms with Crippen LogP contribution in [0.4, 0.5) is 0 Å². The topological polar surface area (TPSA) is 47.2 Å². The highest BCUT2D eigenvalue weighted by Gasteiger charge is 2.41. The molecule has 0 amide bonds. The van der Waals surface area contributed by atoms with Gasteiger partial charge in [-0.2, -0.15) is 5.10 Å². The maximum atomic E-state index is 6.36. The van der Waals surface area contributed by atoms with Crippen LogP contribution < -0.4 is 9.47 Å². The van der Waals surface area contributed by atoms with E-state index in [4.69, 9.17) is 30.6 Å². The maximum absolute atomic E-state index is 6.36. The lowest BCUT2D eigenvalue weighted by atomic mass is 9.97. The second kappa shape index (κ2) is 7.16. The molecule has 0 saturated heterocycles. The third-order valence-electron chi connectivity index (χ3n) is 5.25. The van der Waals surface area contributed by atoms with Crippen LogP contribution in [0.5, 0.6) is 11.5 Å². The normalized spacial score (nSPS) is 20.0. The molecule has 6 heteroatoms. The summed E-state index contributed by atoms with van der Waals surface area (Å²) in [5.41, 5.74) is 2.97. The number of nitrogens with zero attached hydrogens (tertiary/aromatic N) is 2. The van der Waals surface area contributed by atoms with Crippen LogP contribution in [0.3, 0.4) is 0 Å². The molecule has 0 saturated carbocycles. The summed E-state index contributed by atoms with van der Waals surface area (Å²) < 4.78 is 17.8. The fraction of sp³-hybridized carbons (Fsp3) is 0.261. The Kier molecular flexibility index (Phi) is 4.47. The average Bonchev–Trinajstić information content (AvgIpc) is 3.35. The van der Waals surface area contributed by atoms with E-state index >= 15 is 0 Å². The smallest absolute Gasteiger partial charge is 0.213 e. The van der Waals surface area contributed by atoms with Crippen molar-refractivity contribution in [3.8, 4) is 11.5 Å². The molecule has 0 N–H and O–H groups in total. The molecular weight excluding hydrogens is 388 g/mol. The standard InChI is InChI=1S/C23H21ClN2O3/c1-3-27-17-8-5-15(6-9-17)23-26-20(18-12-16(24)7-11-21(18)29-23)13-19(25-26)22-10-4-14(2)28-22/h4-12,20,23H,3,13H2,1-2H3. The van der Waals surface area contributed by atoms with Crippen LogP contribution in [0, 0.1) is 6.92 Å². The van der Waals surface area contributed by atoms with Gasteiger partial charge in [-0.05, 0) is 68.4 Å². The zero-order valence-corrected chi connectivity index (χ0v) is 17.0. The largest absolute Gasteiger partial charge is 0.494 e. The van der Waals surface area contributed by atoms with Gasteiger partial charge in [-0.15, -0.1) is 0 Å². The Labute approximate surface area is 174 Å². The van der Waals surface area contributed by atoms with Crippen LogP contribution in [-0.4, -0.2) is 17.3 Å². The lowest BCUT2D eigenvalue weighted by Gasteiger charge is -2.38. The molecule has 29 heavy (non-hydrogen) atoms. The molecule has 3 heterocycles. The van der Waals surface area contributed by atoms with E-state index in [-0.39, 0.29) is 12.3 Å². The number of benzene rings is 2. The molecule has 3 aromatic rings. The summed E-state index contributed by atoms with van der Waals surface area (Å²) >= 11 is 6.28. The quantitative estimate of drug-likeness (QED) is 0.540. The van der Waals surface area contributed by atoms with Gasteiger partial charge >= 0.3 is 0 Å². The van der Waals surface area contributed by atoms with Crippen LogP contribution in [-0.2, 0) is 0 Å². The number of furan rings is 1. The van der Waals surface area contributed by atoms with Crippen LogP contribution in [0.25, 0.3) is 0 Å². The van der Waals surface area contributed by atoms with E-state index in [1.165, 1.54) is 0 Å². The highest BCUT2D eigenvalue weighted by Crippen LogP contribution is 2.48. The SMILES string of the molecule is CCOc1ccc(C2Oc3ccc(Cl)cc3C3CC(c4ccc(C)o4)=NN32)cc1. The third-order valence-corrected chi connectivity index (χ3v) is 5.49. The summed E-state index contributed by atoms with van der Waals surface area (Å²) in [6, 6.07) is 17.7. The Morgan fingerprint density at radius 3 is 2.69 bits per heavy atom. The zero-order chi connectivity index (χ0) is 20.0.